The maximum Gasteiger partial charge on any atom is 0.319 e. The molecule has 2 rings (SSSR count). The Morgan fingerprint density at radius 2 is 2.15 bits per heavy atom. The molecule has 0 spiro atoms. The second-order valence-electron chi connectivity index (χ2n) is 4.20. The van der Waals surface area contributed by atoms with Gasteiger partial charge in [-0.15, -0.1) is 0 Å². The molecule has 2 aromatic rings. The lowest BCUT2D eigenvalue weighted by Gasteiger charge is -2.14. The molecule has 4 nitrogen and oxygen atoms in total. The van der Waals surface area contributed by atoms with Crippen molar-refractivity contribution in [1.29, 1.82) is 0 Å². The van der Waals surface area contributed by atoms with Crippen LogP contribution < -0.4 is 10.6 Å². The molecule has 6 heteroatoms. The highest BCUT2D eigenvalue weighted by atomic mass is 79.9. The van der Waals surface area contributed by atoms with Crippen LogP contribution in [-0.4, -0.2) is 11.0 Å². The summed E-state index contributed by atoms with van der Waals surface area (Å²) in [6, 6.07) is 10.3. The van der Waals surface area contributed by atoms with Gasteiger partial charge in [0.15, 0.2) is 0 Å². The molecule has 2 N–H and O–H groups in total. The fraction of sp³-hybridized carbons (Fsp3) is 0.143. The van der Waals surface area contributed by atoms with Crippen molar-refractivity contribution in [2.45, 2.75) is 13.0 Å². The number of nitrogens with one attached hydrogen (secondary N) is 2. The molecule has 0 aliphatic rings. The molecule has 0 saturated heterocycles. The lowest BCUT2D eigenvalue weighted by molar-refractivity contribution is 0.249. The molecule has 0 radical (unpaired) electrons. The largest absolute Gasteiger partial charge is 0.330 e. The van der Waals surface area contributed by atoms with Crippen LogP contribution in [0.2, 0.25) is 5.02 Å². The van der Waals surface area contributed by atoms with Crippen LogP contribution in [-0.2, 0) is 0 Å². The number of carbonyl (C=O) groups excluding carboxylic acids is 1. The van der Waals surface area contributed by atoms with E-state index >= 15 is 0 Å². The molecule has 0 aliphatic carbocycles. The number of pyridine rings is 1. The normalized spacial score (nSPS) is 11.8. The smallest absolute Gasteiger partial charge is 0.319 e. The van der Waals surface area contributed by atoms with Gasteiger partial charge in [0, 0.05) is 10.7 Å². The first-order valence-electron chi connectivity index (χ1n) is 6.00. The predicted molar refractivity (Wildman–Crippen MR) is 84.0 cm³/mol. The highest BCUT2D eigenvalue weighted by Gasteiger charge is 2.11. The molecule has 0 fully saturated rings. The van der Waals surface area contributed by atoms with Gasteiger partial charge < -0.3 is 10.6 Å². The molecule has 0 bridgehead atoms. The maximum atomic E-state index is 11.9. The van der Waals surface area contributed by atoms with E-state index in [1.54, 1.807) is 18.3 Å². The Balaban J connectivity index is 1.99. The number of amides is 2. The topological polar surface area (TPSA) is 54.0 Å². The van der Waals surface area contributed by atoms with Crippen molar-refractivity contribution in [3.05, 3.63) is 57.8 Å². The van der Waals surface area contributed by atoms with Crippen LogP contribution in [0.5, 0.6) is 0 Å². The van der Waals surface area contributed by atoms with E-state index in [2.05, 4.69) is 31.5 Å². The van der Waals surface area contributed by atoms with Gasteiger partial charge in [-0.1, -0.05) is 33.6 Å². The molecule has 20 heavy (non-hydrogen) atoms. The summed E-state index contributed by atoms with van der Waals surface area (Å²) < 4.78 is 0.857. The standard InChI is InChI=1S/C14H13BrClN3O/c1-9(12-4-2-3-7-17-12)18-14(20)19-13-6-5-10(15)8-11(13)16/h2-9H,1H3,(H2,18,19,20)/t9-/m1/s1. The van der Waals surface area contributed by atoms with Gasteiger partial charge in [0.1, 0.15) is 0 Å². The zero-order chi connectivity index (χ0) is 14.5. The van der Waals surface area contributed by atoms with Crippen LogP contribution in [0.1, 0.15) is 18.7 Å². The first-order chi connectivity index (χ1) is 9.56. The average Bonchev–Trinajstić information content (AvgIpc) is 2.43. The monoisotopic (exact) mass is 353 g/mol. The maximum absolute atomic E-state index is 11.9. The summed E-state index contributed by atoms with van der Waals surface area (Å²) in [4.78, 5) is 16.1. The molecule has 0 unspecified atom stereocenters. The van der Waals surface area contributed by atoms with Gasteiger partial charge in [-0.25, -0.2) is 4.79 Å². The quantitative estimate of drug-likeness (QED) is 0.859. The molecular weight excluding hydrogens is 342 g/mol. The van der Waals surface area contributed by atoms with Crippen molar-refractivity contribution in [2.24, 2.45) is 0 Å². The van der Waals surface area contributed by atoms with Gasteiger partial charge in [0.2, 0.25) is 0 Å². The third-order valence-electron chi connectivity index (χ3n) is 2.66. The van der Waals surface area contributed by atoms with Gasteiger partial charge >= 0.3 is 6.03 Å². The lowest BCUT2D eigenvalue weighted by atomic mass is 10.2. The summed E-state index contributed by atoms with van der Waals surface area (Å²) in [7, 11) is 0. The number of hydrogen-bond acceptors (Lipinski definition) is 2. The van der Waals surface area contributed by atoms with E-state index in [-0.39, 0.29) is 12.1 Å². The Morgan fingerprint density at radius 1 is 1.35 bits per heavy atom. The number of nitrogens with zero attached hydrogens (tertiary/aromatic N) is 1. The zero-order valence-corrected chi connectivity index (χ0v) is 13.1. The van der Waals surface area contributed by atoms with Gasteiger partial charge in [-0.2, -0.15) is 0 Å². The second-order valence-corrected chi connectivity index (χ2v) is 5.52. The van der Waals surface area contributed by atoms with Crippen LogP contribution in [0, 0.1) is 0 Å². The Bertz CT molecular complexity index is 607. The predicted octanol–water partition coefficient (Wildman–Crippen LogP) is 4.38. The fourth-order valence-corrected chi connectivity index (χ4v) is 2.37. The number of carbonyl (C=O) groups is 1. The van der Waals surface area contributed by atoms with Crippen LogP contribution in [0.3, 0.4) is 0 Å². The number of urea groups is 1. The Kier molecular flexibility index (Phi) is 4.98. The second kappa shape index (κ2) is 6.72. The number of aromatic nitrogens is 1. The van der Waals surface area contributed by atoms with Crippen molar-refractivity contribution in [2.75, 3.05) is 5.32 Å². The van der Waals surface area contributed by atoms with Gasteiger partial charge in [-0.3, -0.25) is 4.98 Å². The first-order valence-corrected chi connectivity index (χ1v) is 7.17. The molecule has 0 saturated carbocycles. The molecule has 2 amide bonds. The van der Waals surface area contributed by atoms with E-state index in [4.69, 9.17) is 11.6 Å². The highest BCUT2D eigenvalue weighted by Crippen LogP contribution is 2.25. The minimum atomic E-state index is -0.327. The van der Waals surface area contributed by atoms with Crippen molar-refractivity contribution in [3.63, 3.8) is 0 Å². The number of anilines is 1. The van der Waals surface area contributed by atoms with E-state index in [0.29, 0.717) is 10.7 Å². The van der Waals surface area contributed by atoms with E-state index in [0.717, 1.165) is 10.2 Å². The molecule has 1 atom stereocenters. The minimum absolute atomic E-state index is 0.189. The summed E-state index contributed by atoms with van der Waals surface area (Å²) in [6.07, 6.45) is 1.69. The SMILES string of the molecule is C[C@@H](NC(=O)Nc1ccc(Br)cc1Cl)c1ccccn1. The highest BCUT2D eigenvalue weighted by molar-refractivity contribution is 9.10. The summed E-state index contributed by atoms with van der Waals surface area (Å²) in [5, 5.41) is 5.98. The third-order valence-corrected chi connectivity index (χ3v) is 3.46. The summed E-state index contributed by atoms with van der Waals surface area (Å²) in [6.45, 7) is 1.87. The van der Waals surface area contributed by atoms with Gasteiger partial charge in [0.05, 0.1) is 22.4 Å². The Morgan fingerprint density at radius 3 is 2.80 bits per heavy atom. The minimum Gasteiger partial charge on any atom is -0.330 e. The third kappa shape index (κ3) is 3.95. The van der Waals surface area contributed by atoms with Gasteiger partial charge in [0.25, 0.3) is 0 Å². The number of rotatable bonds is 3. The molecular formula is C14H13BrClN3O. The summed E-state index contributed by atoms with van der Waals surface area (Å²) >= 11 is 9.35. The van der Waals surface area contributed by atoms with Crippen LogP contribution in [0.25, 0.3) is 0 Å². The van der Waals surface area contributed by atoms with Crippen molar-refractivity contribution < 1.29 is 4.79 Å². The molecule has 1 heterocycles. The van der Waals surface area contributed by atoms with E-state index in [1.807, 2.05) is 31.2 Å². The zero-order valence-electron chi connectivity index (χ0n) is 10.7. The number of hydrogen-bond donors (Lipinski definition) is 2. The van der Waals surface area contributed by atoms with Crippen LogP contribution in [0.4, 0.5) is 10.5 Å². The van der Waals surface area contributed by atoms with E-state index < -0.39 is 0 Å². The molecule has 0 aliphatic heterocycles. The lowest BCUT2D eigenvalue weighted by Crippen LogP contribution is -2.31. The van der Waals surface area contributed by atoms with E-state index in [9.17, 15) is 4.79 Å². The molecule has 104 valence electrons. The molecule has 1 aromatic carbocycles. The fourth-order valence-electron chi connectivity index (χ4n) is 1.65. The van der Waals surface area contributed by atoms with Crippen LogP contribution >= 0.6 is 27.5 Å². The Labute approximate surface area is 130 Å². The van der Waals surface area contributed by atoms with Crippen molar-refractivity contribution in [3.8, 4) is 0 Å². The van der Waals surface area contributed by atoms with Crippen molar-refractivity contribution in [1.82, 2.24) is 10.3 Å². The first kappa shape index (κ1) is 14.8. The molecule has 1 aromatic heterocycles. The summed E-state index contributed by atoms with van der Waals surface area (Å²) in [5.41, 5.74) is 1.35. The van der Waals surface area contributed by atoms with Crippen molar-refractivity contribution >= 4 is 39.2 Å². The average molecular weight is 355 g/mol. The van der Waals surface area contributed by atoms with E-state index in [1.165, 1.54) is 0 Å². The number of halogens is 2. The Hall–Kier alpha value is -1.59. The van der Waals surface area contributed by atoms with Crippen LogP contribution in [0.15, 0.2) is 47.1 Å². The summed E-state index contributed by atoms with van der Waals surface area (Å²) in [5.74, 6) is 0. The number of benzene rings is 1. The van der Waals surface area contributed by atoms with Gasteiger partial charge in [-0.05, 0) is 37.3 Å².